The van der Waals surface area contributed by atoms with E-state index in [2.05, 4.69) is 30.4 Å². The summed E-state index contributed by atoms with van der Waals surface area (Å²) in [6.45, 7) is 9.18. The second-order valence-electron chi connectivity index (χ2n) is 8.11. The predicted molar refractivity (Wildman–Crippen MR) is 116 cm³/mol. The number of rotatable bonds is 6. The first-order chi connectivity index (χ1) is 13.8. The Morgan fingerprint density at radius 3 is 2.41 bits per heavy atom. The Kier molecular flexibility index (Phi) is 6.48. The zero-order chi connectivity index (χ0) is 21.1. The minimum absolute atomic E-state index is 0.0643. The molecule has 3 atom stereocenters. The zero-order valence-electron chi connectivity index (χ0n) is 18.4. The van der Waals surface area contributed by atoms with Crippen molar-refractivity contribution in [3.05, 3.63) is 52.6 Å². The Morgan fingerprint density at radius 1 is 1.10 bits per heavy atom. The summed E-state index contributed by atoms with van der Waals surface area (Å²) in [5.74, 6) is 1.67. The number of ether oxygens (including phenoxy) is 2. The number of carbonyl (C=O) groups excluding carboxylic acids is 1. The minimum Gasteiger partial charge on any atom is -0.497 e. The third-order valence-electron chi connectivity index (χ3n) is 6.10. The molecular formula is C24H33N2O3+. The minimum atomic E-state index is -0.158. The number of nitrogens with one attached hydrogen (secondary N) is 2. The van der Waals surface area contributed by atoms with Gasteiger partial charge in [-0.05, 0) is 51.0 Å². The van der Waals surface area contributed by atoms with Crippen LogP contribution in [0, 0.1) is 20.8 Å². The maximum Gasteiger partial charge on any atom is 0.282 e. The number of amides is 1. The fourth-order valence-corrected chi connectivity index (χ4v) is 4.63. The van der Waals surface area contributed by atoms with Crippen LogP contribution < -0.4 is 19.7 Å². The molecule has 1 fully saturated rings. The summed E-state index contributed by atoms with van der Waals surface area (Å²) in [5, 5.41) is 3.19. The monoisotopic (exact) mass is 397 g/mol. The van der Waals surface area contributed by atoms with Crippen molar-refractivity contribution in [2.24, 2.45) is 0 Å². The number of benzene rings is 2. The Morgan fingerprint density at radius 2 is 1.79 bits per heavy atom. The van der Waals surface area contributed by atoms with Crippen LogP contribution in [0.5, 0.6) is 11.5 Å². The molecule has 2 N–H and O–H groups in total. The van der Waals surface area contributed by atoms with E-state index in [0.29, 0.717) is 0 Å². The van der Waals surface area contributed by atoms with Gasteiger partial charge in [0.2, 0.25) is 0 Å². The molecule has 1 aliphatic rings. The maximum atomic E-state index is 13.1. The van der Waals surface area contributed by atoms with E-state index < -0.39 is 0 Å². The van der Waals surface area contributed by atoms with Crippen molar-refractivity contribution in [2.75, 3.05) is 26.1 Å². The van der Waals surface area contributed by atoms with Crippen molar-refractivity contribution in [1.29, 1.82) is 0 Å². The molecule has 29 heavy (non-hydrogen) atoms. The number of aryl methyl sites for hydroxylation is 3. The highest BCUT2D eigenvalue weighted by atomic mass is 16.5. The SMILES string of the molecule is COc1ccc([C@H]2CCC[NH+]2[C@@H](C)C(=O)Nc2c(C)cc(C)cc2C)c(OC)c1. The van der Waals surface area contributed by atoms with Crippen molar-refractivity contribution in [2.45, 2.75) is 52.6 Å². The molecule has 5 heteroatoms. The van der Waals surface area contributed by atoms with Crippen LogP contribution in [-0.2, 0) is 4.79 Å². The molecule has 0 aliphatic carbocycles. The van der Waals surface area contributed by atoms with Gasteiger partial charge in [-0.15, -0.1) is 0 Å². The quantitative estimate of drug-likeness (QED) is 0.786. The van der Waals surface area contributed by atoms with Crippen molar-refractivity contribution in [1.82, 2.24) is 0 Å². The number of anilines is 1. The van der Waals surface area contributed by atoms with E-state index in [1.165, 1.54) is 10.5 Å². The van der Waals surface area contributed by atoms with Crippen LogP contribution in [0.25, 0.3) is 0 Å². The van der Waals surface area contributed by atoms with E-state index >= 15 is 0 Å². The molecule has 3 rings (SSSR count). The van der Waals surface area contributed by atoms with E-state index in [0.717, 1.165) is 53.3 Å². The number of likely N-dealkylation sites (tertiary alicyclic amines) is 1. The van der Waals surface area contributed by atoms with Crippen molar-refractivity contribution >= 4 is 11.6 Å². The highest BCUT2D eigenvalue weighted by Gasteiger charge is 2.38. The lowest BCUT2D eigenvalue weighted by atomic mass is 10.0. The molecule has 0 saturated carbocycles. The van der Waals surface area contributed by atoms with Gasteiger partial charge in [-0.3, -0.25) is 4.79 Å². The fraction of sp³-hybridized carbons (Fsp3) is 0.458. The Bertz CT molecular complexity index is 871. The van der Waals surface area contributed by atoms with Crippen LogP contribution in [0.1, 0.15) is 48.1 Å². The van der Waals surface area contributed by atoms with E-state index in [9.17, 15) is 4.79 Å². The third kappa shape index (κ3) is 4.40. The molecule has 2 aromatic carbocycles. The second-order valence-corrected chi connectivity index (χ2v) is 8.11. The first kappa shape index (κ1) is 21.2. The van der Waals surface area contributed by atoms with Crippen LogP contribution >= 0.6 is 0 Å². The lowest BCUT2D eigenvalue weighted by molar-refractivity contribution is -0.932. The predicted octanol–water partition coefficient (Wildman–Crippen LogP) is 3.38. The molecule has 1 amide bonds. The summed E-state index contributed by atoms with van der Waals surface area (Å²) in [6.07, 6.45) is 2.13. The largest absolute Gasteiger partial charge is 0.497 e. The summed E-state index contributed by atoms with van der Waals surface area (Å²) in [6, 6.07) is 10.3. The number of hydrogen-bond acceptors (Lipinski definition) is 3. The molecular weight excluding hydrogens is 364 g/mol. The lowest BCUT2D eigenvalue weighted by Gasteiger charge is -2.28. The first-order valence-electron chi connectivity index (χ1n) is 10.3. The van der Waals surface area contributed by atoms with Gasteiger partial charge in [0, 0.05) is 24.6 Å². The smallest absolute Gasteiger partial charge is 0.282 e. The van der Waals surface area contributed by atoms with Gasteiger partial charge >= 0.3 is 0 Å². The highest BCUT2D eigenvalue weighted by Crippen LogP contribution is 2.32. The van der Waals surface area contributed by atoms with Crippen molar-refractivity contribution in [3.63, 3.8) is 0 Å². The number of hydrogen-bond donors (Lipinski definition) is 2. The molecule has 1 saturated heterocycles. The molecule has 2 aromatic rings. The average molecular weight is 398 g/mol. The summed E-state index contributed by atoms with van der Waals surface area (Å²) in [7, 11) is 3.34. The van der Waals surface area contributed by atoms with Crippen LogP contribution in [0.2, 0.25) is 0 Å². The fourth-order valence-electron chi connectivity index (χ4n) is 4.63. The molecule has 1 unspecified atom stereocenters. The van der Waals surface area contributed by atoms with Gasteiger partial charge in [0.15, 0.2) is 6.04 Å². The van der Waals surface area contributed by atoms with Crippen molar-refractivity contribution in [3.8, 4) is 11.5 Å². The average Bonchev–Trinajstić information content (AvgIpc) is 3.18. The summed E-state index contributed by atoms with van der Waals surface area (Å²) < 4.78 is 11.0. The van der Waals surface area contributed by atoms with E-state index in [4.69, 9.17) is 9.47 Å². The van der Waals surface area contributed by atoms with Crippen LogP contribution in [0.4, 0.5) is 5.69 Å². The normalized spacial score (nSPS) is 19.7. The molecule has 0 spiro atoms. The molecule has 0 aromatic heterocycles. The van der Waals surface area contributed by atoms with Crippen LogP contribution in [-0.4, -0.2) is 32.7 Å². The third-order valence-corrected chi connectivity index (χ3v) is 6.10. The summed E-state index contributed by atoms with van der Waals surface area (Å²) >= 11 is 0. The van der Waals surface area contributed by atoms with E-state index in [1.54, 1.807) is 14.2 Å². The number of carbonyl (C=O) groups is 1. The molecule has 1 aliphatic heterocycles. The standard InChI is InChI=1S/C24H32N2O3/c1-15-12-16(2)23(17(3)13-15)25-24(27)18(4)26-11-7-8-21(26)20-10-9-19(28-5)14-22(20)29-6/h9-10,12-14,18,21H,7-8,11H2,1-6H3,(H,25,27)/p+1/t18-,21+/m0/s1. The van der Waals surface area contributed by atoms with Gasteiger partial charge in [-0.25, -0.2) is 0 Å². The first-order valence-corrected chi connectivity index (χ1v) is 10.3. The van der Waals surface area contributed by atoms with Crippen LogP contribution in [0.15, 0.2) is 30.3 Å². The molecule has 1 heterocycles. The van der Waals surface area contributed by atoms with Gasteiger partial charge in [-0.1, -0.05) is 17.7 Å². The number of methoxy groups -OCH3 is 2. The van der Waals surface area contributed by atoms with Crippen molar-refractivity contribution < 1.29 is 19.2 Å². The lowest BCUT2D eigenvalue weighted by Crippen LogP contribution is -3.15. The Hall–Kier alpha value is -2.53. The van der Waals surface area contributed by atoms with E-state index in [-0.39, 0.29) is 18.0 Å². The summed E-state index contributed by atoms with van der Waals surface area (Å²) in [5.41, 5.74) is 5.50. The molecule has 156 valence electrons. The zero-order valence-corrected chi connectivity index (χ0v) is 18.4. The van der Waals surface area contributed by atoms with E-state index in [1.807, 2.05) is 32.9 Å². The number of quaternary nitrogens is 1. The molecule has 5 nitrogen and oxygen atoms in total. The van der Waals surface area contributed by atoms with Gasteiger partial charge in [0.05, 0.1) is 26.3 Å². The summed E-state index contributed by atoms with van der Waals surface area (Å²) in [4.78, 5) is 14.4. The van der Waals surface area contributed by atoms with Crippen LogP contribution in [0.3, 0.4) is 0 Å². The second kappa shape index (κ2) is 8.87. The van der Waals surface area contributed by atoms with Gasteiger partial charge in [0.1, 0.15) is 17.5 Å². The topological polar surface area (TPSA) is 52.0 Å². The maximum absolute atomic E-state index is 13.1. The van der Waals surface area contributed by atoms with Gasteiger partial charge in [0.25, 0.3) is 5.91 Å². The van der Waals surface area contributed by atoms with Gasteiger partial charge < -0.3 is 19.7 Å². The molecule has 0 radical (unpaired) electrons. The Balaban J connectivity index is 1.82. The highest BCUT2D eigenvalue weighted by molar-refractivity contribution is 5.95. The Labute approximate surface area is 174 Å². The molecule has 0 bridgehead atoms. The van der Waals surface area contributed by atoms with Gasteiger partial charge in [-0.2, -0.15) is 0 Å².